The van der Waals surface area contributed by atoms with Crippen molar-refractivity contribution >= 4 is 11.8 Å². The van der Waals surface area contributed by atoms with E-state index in [1.165, 1.54) is 0 Å². The van der Waals surface area contributed by atoms with Crippen LogP contribution in [0.4, 0.5) is 0 Å². The van der Waals surface area contributed by atoms with E-state index in [1.807, 2.05) is 29.7 Å². The molecule has 2 saturated heterocycles. The Hall–Kier alpha value is -1.85. The van der Waals surface area contributed by atoms with Gasteiger partial charge >= 0.3 is 0 Å². The summed E-state index contributed by atoms with van der Waals surface area (Å²) in [6.07, 6.45) is 2.69. The van der Waals surface area contributed by atoms with Crippen LogP contribution in [-0.4, -0.2) is 57.6 Å². The van der Waals surface area contributed by atoms with Gasteiger partial charge in [-0.25, -0.2) is 0 Å². The Morgan fingerprint density at radius 2 is 2.00 bits per heavy atom. The number of rotatable bonds is 3. The third-order valence-electron chi connectivity index (χ3n) is 5.55. The van der Waals surface area contributed by atoms with Gasteiger partial charge in [0.15, 0.2) is 0 Å². The number of aryl methyl sites for hydroxylation is 2. The van der Waals surface area contributed by atoms with Gasteiger partial charge in [0, 0.05) is 32.7 Å². The van der Waals surface area contributed by atoms with Crippen molar-refractivity contribution in [1.29, 1.82) is 0 Å². The maximum Gasteiger partial charge on any atom is 0.272 e. The van der Waals surface area contributed by atoms with E-state index in [9.17, 15) is 9.59 Å². The number of nitrogens with zero attached hydrogens (tertiary/aromatic N) is 4. The van der Waals surface area contributed by atoms with Gasteiger partial charge < -0.3 is 9.80 Å². The maximum absolute atomic E-state index is 13.2. The van der Waals surface area contributed by atoms with Gasteiger partial charge in [-0.15, -0.1) is 0 Å². The predicted molar refractivity (Wildman–Crippen MR) is 101 cm³/mol. The topological polar surface area (TPSA) is 58.4 Å². The zero-order chi connectivity index (χ0) is 19.1. The number of aromatic nitrogens is 2. The molecule has 2 fully saturated rings. The van der Waals surface area contributed by atoms with Gasteiger partial charge in [-0.1, -0.05) is 20.8 Å². The highest BCUT2D eigenvalue weighted by atomic mass is 16.2. The minimum atomic E-state index is -0.384. The van der Waals surface area contributed by atoms with Crippen LogP contribution in [0.15, 0.2) is 6.07 Å². The van der Waals surface area contributed by atoms with Crippen LogP contribution in [0.1, 0.15) is 63.1 Å². The predicted octanol–water partition coefficient (Wildman–Crippen LogP) is 2.71. The Morgan fingerprint density at radius 3 is 2.65 bits per heavy atom. The lowest BCUT2D eigenvalue weighted by Gasteiger charge is -2.41. The number of hydrogen-bond donors (Lipinski definition) is 0. The zero-order valence-corrected chi connectivity index (χ0v) is 16.8. The van der Waals surface area contributed by atoms with Crippen LogP contribution >= 0.6 is 0 Å². The standard InChI is InChI=1S/C20H32N4O2/c1-6-24-16(12-15(2)21-24)17(25)22-11-9-20(14-22)8-7-10-23(18(20)26)13-19(3,4)5/h12H,6-11,13-14H2,1-5H3. The Morgan fingerprint density at radius 1 is 1.27 bits per heavy atom. The molecule has 2 amide bonds. The summed E-state index contributed by atoms with van der Waals surface area (Å²) in [5.74, 6) is 0.249. The minimum absolute atomic E-state index is 0.00469. The highest BCUT2D eigenvalue weighted by Crippen LogP contribution is 2.41. The van der Waals surface area contributed by atoms with Gasteiger partial charge in [0.2, 0.25) is 5.91 Å². The fraction of sp³-hybridized carbons (Fsp3) is 0.750. The van der Waals surface area contributed by atoms with Gasteiger partial charge in [0.05, 0.1) is 11.1 Å². The summed E-state index contributed by atoms with van der Waals surface area (Å²) in [5, 5.41) is 4.39. The Kier molecular flexibility index (Phi) is 4.88. The van der Waals surface area contributed by atoms with E-state index in [1.54, 1.807) is 4.68 Å². The summed E-state index contributed by atoms with van der Waals surface area (Å²) in [4.78, 5) is 30.1. The molecule has 0 radical (unpaired) electrons. The Labute approximate surface area is 156 Å². The second kappa shape index (κ2) is 6.71. The van der Waals surface area contributed by atoms with Crippen LogP contribution in [0.25, 0.3) is 0 Å². The number of carbonyl (C=O) groups is 2. The first kappa shape index (κ1) is 18.9. The summed E-state index contributed by atoms with van der Waals surface area (Å²) < 4.78 is 1.76. The first-order valence-corrected chi connectivity index (χ1v) is 9.78. The molecule has 1 atom stereocenters. The van der Waals surface area contributed by atoms with Crippen molar-refractivity contribution < 1.29 is 9.59 Å². The molecule has 1 aromatic rings. The lowest BCUT2D eigenvalue weighted by atomic mass is 9.77. The Bertz CT molecular complexity index is 703. The zero-order valence-electron chi connectivity index (χ0n) is 16.8. The summed E-state index contributed by atoms with van der Waals surface area (Å²) in [5.41, 5.74) is 1.20. The molecule has 144 valence electrons. The van der Waals surface area contributed by atoms with E-state index >= 15 is 0 Å². The normalized spacial score (nSPS) is 24.0. The largest absolute Gasteiger partial charge is 0.342 e. The smallest absolute Gasteiger partial charge is 0.272 e. The summed E-state index contributed by atoms with van der Waals surface area (Å²) in [6.45, 7) is 13.9. The average Bonchev–Trinajstić information content (AvgIpc) is 3.14. The van der Waals surface area contributed by atoms with Gasteiger partial charge in [0.1, 0.15) is 5.69 Å². The minimum Gasteiger partial charge on any atom is -0.342 e. The second-order valence-corrected chi connectivity index (χ2v) is 9.13. The molecule has 0 N–H and O–H groups in total. The fourth-order valence-electron chi connectivity index (χ4n) is 4.42. The molecule has 1 spiro atoms. The fourth-order valence-corrected chi connectivity index (χ4v) is 4.42. The summed E-state index contributed by atoms with van der Waals surface area (Å²) in [6, 6.07) is 1.85. The van der Waals surface area contributed by atoms with Crippen molar-refractivity contribution in [2.24, 2.45) is 10.8 Å². The van der Waals surface area contributed by atoms with Crippen LogP contribution in [-0.2, 0) is 11.3 Å². The van der Waals surface area contributed by atoms with Gasteiger partial charge in [-0.3, -0.25) is 14.3 Å². The average molecular weight is 361 g/mol. The Balaban J connectivity index is 1.76. The van der Waals surface area contributed by atoms with Gasteiger partial charge in [0.25, 0.3) is 5.91 Å². The maximum atomic E-state index is 13.2. The van der Waals surface area contributed by atoms with Crippen molar-refractivity contribution in [2.45, 2.75) is 60.4 Å². The van der Waals surface area contributed by atoms with E-state index in [4.69, 9.17) is 0 Å². The number of carbonyl (C=O) groups excluding carboxylic acids is 2. The molecule has 6 heteroatoms. The van der Waals surface area contributed by atoms with E-state index in [0.717, 1.165) is 38.0 Å². The molecule has 6 nitrogen and oxygen atoms in total. The summed E-state index contributed by atoms with van der Waals surface area (Å²) >= 11 is 0. The molecule has 0 saturated carbocycles. The molecule has 2 aliphatic rings. The van der Waals surface area contributed by atoms with Crippen LogP contribution in [0.5, 0.6) is 0 Å². The second-order valence-electron chi connectivity index (χ2n) is 9.13. The number of amides is 2. The van der Waals surface area contributed by atoms with E-state index in [-0.39, 0.29) is 22.6 Å². The third-order valence-corrected chi connectivity index (χ3v) is 5.55. The lowest BCUT2D eigenvalue weighted by Crippen LogP contribution is -2.52. The molecule has 0 bridgehead atoms. The molecule has 1 aromatic heterocycles. The summed E-state index contributed by atoms with van der Waals surface area (Å²) in [7, 11) is 0. The van der Waals surface area contributed by atoms with Crippen LogP contribution in [0, 0.1) is 17.8 Å². The first-order chi connectivity index (χ1) is 12.1. The monoisotopic (exact) mass is 360 g/mol. The highest BCUT2D eigenvalue weighted by Gasteiger charge is 2.50. The molecular formula is C20H32N4O2. The van der Waals surface area contributed by atoms with Crippen molar-refractivity contribution in [3.63, 3.8) is 0 Å². The SMILES string of the molecule is CCn1nc(C)cc1C(=O)N1CCC2(CCCN(CC(C)(C)C)C2=O)C1. The van der Waals surface area contributed by atoms with Crippen LogP contribution < -0.4 is 0 Å². The molecule has 1 unspecified atom stereocenters. The van der Waals surface area contributed by atoms with E-state index in [2.05, 4.69) is 25.9 Å². The quantitative estimate of drug-likeness (QED) is 0.833. The van der Waals surface area contributed by atoms with Crippen LogP contribution in [0.3, 0.4) is 0 Å². The van der Waals surface area contributed by atoms with Crippen molar-refractivity contribution in [1.82, 2.24) is 19.6 Å². The van der Waals surface area contributed by atoms with Gasteiger partial charge in [-0.05, 0) is 44.6 Å². The van der Waals surface area contributed by atoms with E-state index in [0.29, 0.717) is 25.3 Å². The molecular weight excluding hydrogens is 328 g/mol. The number of likely N-dealkylation sites (tertiary alicyclic amines) is 2. The molecule has 0 aromatic carbocycles. The molecule has 3 heterocycles. The molecule has 26 heavy (non-hydrogen) atoms. The van der Waals surface area contributed by atoms with E-state index < -0.39 is 0 Å². The number of piperidine rings is 1. The molecule has 2 aliphatic heterocycles. The van der Waals surface area contributed by atoms with Gasteiger partial charge in [-0.2, -0.15) is 5.10 Å². The lowest BCUT2D eigenvalue weighted by molar-refractivity contribution is -0.147. The highest BCUT2D eigenvalue weighted by molar-refractivity contribution is 5.94. The van der Waals surface area contributed by atoms with Crippen LogP contribution in [0.2, 0.25) is 0 Å². The molecule has 0 aliphatic carbocycles. The molecule has 3 rings (SSSR count). The number of hydrogen-bond acceptors (Lipinski definition) is 3. The first-order valence-electron chi connectivity index (χ1n) is 9.78. The van der Waals surface area contributed by atoms with Crippen molar-refractivity contribution in [3.05, 3.63) is 17.5 Å². The third kappa shape index (κ3) is 3.51. The van der Waals surface area contributed by atoms with Crippen molar-refractivity contribution in [3.8, 4) is 0 Å². The van der Waals surface area contributed by atoms with Crippen molar-refractivity contribution in [2.75, 3.05) is 26.2 Å².